The molecule has 33 heavy (non-hydrogen) atoms. The lowest BCUT2D eigenvalue weighted by atomic mass is 10.0. The highest BCUT2D eigenvalue weighted by atomic mass is 16.5. The standard InChI is InChI=1S/C27H24N2O4/c1-3-20-11-4-6-13-23(20)29-26(31)22(25(30)28-27(29)32)16-21-12-5-7-14-24(21)33-17-19-10-8-9-18(2)15-19/h4-16H,3,17H2,1-2H3,(H,28,30,32)/b22-16-. The number of carbonyl (C=O) groups is 3. The van der Waals surface area contributed by atoms with Crippen molar-refractivity contribution in [3.63, 3.8) is 0 Å². The average molecular weight is 440 g/mol. The number of nitrogens with zero attached hydrogens (tertiary/aromatic N) is 1. The topological polar surface area (TPSA) is 75.7 Å². The van der Waals surface area contributed by atoms with Gasteiger partial charge in [-0.05, 0) is 42.7 Å². The van der Waals surface area contributed by atoms with E-state index in [1.807, 2.05) is 56.3 Å². The van der Waals surface area contributed by atoms with Gasteiger partial charge in [0.25, 0.3) is 11.8 Å². The molecule has 0 spiro atoms. The summed E-state index contributed by atoms with van der Waals surface area (Å²) in [5.74, 6) is -0.869. The average Bonchev–Trinajstić information content (AvgIpc) is 2.81. The second-order valence-corrected chi connectivity index (χ2v) is 7.76. The van der Waals surface area contributed by atoms with E-state index in [0.29, 0.717) is 30.0 Å². The molecule has 4 rings (SSSR count). The largest absolute Gasteiger partial charge is 0.488 e. The van der Waals surface area contributed by atoms with Crippen molar-refractivity contribution < 1.29 is 19.1 Å². The minimum Gasteiger partial charge on any atom is -0.488 e. The van der Waals surface area contributed by atoms with Crippen molar-refractivity contribution in [3.05, 3.63) is 101 Å². The number of para-hydroxylation sites is 2. The minimum absolute atomic E-state index is 0.132. The zero-order chi connectivity index (χ0) is 23.4. The van der Waals surface area contributed by atoms with E-state index in [1.54, 1.807) is 30.3 Å². The highest BCUT2D eigenvalue weighted by Crippen LogP contribution is 2.28. The number of ether oxygens (including phenoxy) is 1. The molecule has 1 heterocycles. The maximum absolute atomic E-state index is 13.3. The molecule has 166 valence electrons. The molecule has 0 aromatic heterocycles. The lowest BCUT2D eigenvalue weighted by Gasteiger charge is -2.28. The Balaban J connectivity index is 1.66. The third kappa shape index (κ3) is 4.70. The van der Waals surface area contributed by atoms with E-state index >= 15 is 0 Å². The molecule has 0 unspecified atom stereocenters. The first-order valence-electron chi connectivity index (χ1n) is 10.7. The van der Waals surface area contributed by atoms with Crippen LogP contribution in [0.2, 0.25) is 0 Å². The molecule has 0 radical (unpaired) electrons. The summed E-state index contributed by atoms with van der Waals surface area (Å²) in [5, 5.41) is 2.28. The zero-order valence-corrected chi connectivity index (χ0v) is 18.5. The summed E-state index contributed by atoms with van der Waals surface area (Å²) in [7, 11) is 0. The Morgan fingerprint density at radius 3 is 2.48 bits per heavy atom. The minimum atomic E-state index is -0.757. The molecule has 0 bridgehead atoms. The smallest absolute Gasteiger partial charge is 0.335 e. The van der Waals surface area contributed by atoms with Gasteiger partial charge in [0.05, 0.1) is 5.69 Å². The van der Waals surface area contributed by atoms with Crippen LogP contribution < -0.4 is 15.0 Å². The number of rotatable bonds is 6. The molecule has 1 fully saturated rings. The predicted octanol–water partition coefficient (Wildman–Crippen LogP) is 4.80. The number of carbonyl (C=O) groups excluding carboxylic acids is 3. The summed E-state index contributed by atoms with van der Waals surface area (Å²) in [4.78, 5) is 39.4. The van der Waals surface area contributed by atoms with Crippen LogP contribution in [0, 0.1) is 6.92 Å². The van der Waals surface area contributed by atoms with Gasteiger partial charge >= 0.3 is 6.03 Å². The van der Waals surface area contributed by atoms with Crippen molar-refractivity contribution in [1.29, 1.82) is 0 Å². The summed E-state index contributed by atoms with van der Waals surface area (Å²) in [6.45, 7) is 4.30. The van der Waals surface area contributed by atoms with E-state index in [4.69, 9.17) is 4.74 Å². The molecular weight excluding hydrogens is 416 g/mol. The number of amides is 4. The number of anilines is 1. The van der Waals surface area contributed by atoms with E-state index in [-0.39, 0.29) is 5.57 Å². The van der Waals surface area contributed by atoms with Gasteiger partial charge in [-0.3, -0.25) is 14.9 Å². The normalized spacial score (nSPS) is 15.0. The van der Waals surface area contributed by atoms with Crippen LogP contribution in [0.5, 0.6) is 5.75 Å². The SMILES string of the molecule is CCc1ccccc1N1C(=O)NC(=O)/C(=C/c2ccccc2OCc2cccc(C)c2)C1=O. The maximum atomic E-state index is 13.3. The number of nitrogens with one attached hydrogen (secondary N) is 1. The number of aryl methyl sites for hydroxylation is 2. The highest BCUT2D eigenvalue weighted by molar-refractivity contribution is 6.39. The van der Waals surface area contributed by atoms with Crippen molar-refractivity contribution in [2.24, 2.45) is 0 Å². The third-order valence-electron chi connectivity index (χ3n) is 5.41. The van der Waals surface area contributed by atoms with E-state index in [2.05, 4.69) is 5.32 Å². The van der Waals surface area contributed by atoms with Gasteiger partial charge in [-0.15, -0.1) is 0 Å². The van der Waals surface area contributed by atoms with Gasteiger partial charge in [-0.2, -0.15) is 0 Å². The number of barbiturate groups is 1. The molecule has 1 aliphatic heterocycles. The Bertz CT molecular complexity index is 1260. The quantitative estimate of drug-likeness (QED) is 0.441. The maximum Gasteiger partial charge on any atom is 0.335 e. The molecule has 0 saturated carbocycles. The second-order valence-electron chi connectivity index (χ2n) is 7.76. The second kappa shape index (κ2) is 9.53. The molecule has 4 amide bonds. The van der Waals surface area contributed by atoms with Gasteiger partial charge in [-0.1, -0.05) is 73.2 Å². The van der Waals surface area contributed by atoms with Crippen LogP contribution in [0.3, 0.4) is 0 Å². The molecule has 3 aromatic carbocycles. The summed E-state index contributed by atoms with van der Waals surface area (Å²) >= 11 is 0. The number of hydrogen-bond acceptors (Lipinski definition) is 4. The third-order valence-corrected chi connectivity index (χ3v) is 5.41. The van der Waals surface area contributed by atoms with Crippen molar-refractivity contribution >= 4 is 29.6 Å². The zero-order valence-electron chi connectivity index (χ0n) is 18.5. The van der Waals surface area contributed by atoms with Crippen LogP contribution in [0.15, 0.2) is 78.4 Å². The van der Waals surface area contributed by atoms with Crippen LogP contribution in [0.25, 0.3) is 6.08 Å². The first kappa shape index (κ1) is 22.0. The number of imide groups is 2. The Morgan fingerprint density at radius 1 is 0.939 bits per heavy atom. The summed E-state index contributed by atoms with van der Waals surface area (Å²) < 4.78 is 5.99. The summed E-state index contributed by atoms with van der Waals surface area (Å²) in [5.41, 5.74) is 3.88. The van der Waals surface area contributed by atoms with Crippen LogP contribution in [0.4, 0.5) is 10.5 Å². The Kier molecular flexibility index (Phi) is 6.36. The fourth-order valence-corrected chi connectivity index (χ4v) is 3.75. The molecule has 1 aliphatic rings. The molecular formula is C27H24N2O4. The molecule has 3 aromatic rings. The van der Waals surface area contributed by atoms with Crippen LogP contribution in [-0.4, -0.2) is 17.8 Å². The number of urea groups is 1. The molecule has 6 nitrogen and oxygen atoms in total. The molecule has 0 aliphatic carbocycles. The number of hydrogen-bond donors (Lipinski definition) is 1. The lowest BCUT2D eigenvalue weighted by molar-refractivity contribution is -0.122. The first-order valence-corrected chi connectivity index (χ1v) is 10.7. The summed E-state index contributed by atoms with van der Waals surface area (Å²) in [6, 6.07) is 21.5. The Labute approximate surface area is 192 Å². The van der Waals surface area contributed by atoms with E-state index in [9.17, 15) is 14.4 Å². The van der Waals surface area contributed by atoms with Gasteiger partial charge in [0.1, 0.15) is 17.9 Å². The Morgan fingerprint density at radius 2 is 1.70 bits per heavy atom. The van der Waals surface area contributed by atoms with Crippen molar-refractivity contribution in [3.8, 4) is 5.75 Å². The van der Waals surface area contributed by atoms with Crippen molar-refractivity contribution in [2.45, 2.75) is 26.9 Å². The monoisotopic (exact) mass is 440 g/mol. The predicted molar refractivity (Wildman–Crippen MR) is 127 cm³/mol. The fraction of sp³-hybridized carbons (Fsp3) is 0.148. The van der Waals surface area contributed by atoms with Crippen LogP contribution in [0.1, 0.15) is 29.2 Å². The van der Waals surface area contributed by atoms with E-state index in [0.717, 1.165) is 21.6 Å². The lowest BCUT2D eigenvalue weighted by Crippen LogP contribution is -2.54. The first-order chi connectivity index (χ1) is 16.0. The molecule has 6 heteroatoms. The van der Waals surface area contributed by atoms with Gasteiger partial charge in [-0.25, -0.2) is 9.69 Å². The van der Waals surface area contributed by atoms with Gasteiger partial charge in [0.15, 0.2) is 0 Å². The van der Waals surface area contributed by atoms with Gasteiger partial charge < -0.3 is 4.74 Å². The summed E-state index contributed by atoms with van der Waals surface area (Å²) in [6.07, 6.45) is 2.10. The van der Waals surface area contributed by atoms with E-state index in [1.165, 1.54) is 6.08 Å². The van der Waals surface area contributed by atoms with Crippen molar-refractivity contribution in [1.82, 2.24) is 5.32 Å². The fourth-order valence-electron chi connectivity index (χ4n) is 3.75. The van der Waals surface area contributed by atoms with Gasteiger partial charge in [0.2, 0.25) is 0 Å². The van der Waals surface area contributed by atoms with Crippen LogP contribution >= 0.6 is 0 Å². The van der Waals surface area contributed by atoms with Gasteiger partial charge in [0, 0.05) is 5.56 Å². The molecule has 0 atom stereocenters. The van der Waals surface area contributed by atoms with Crippen molar-refractivity contribution in [2.75, 3.05) is 4.90 Å². The van der Waals surface area contributed by atoms with Crippen LogP contribution in [-0.2, 0) is 22.6 Å². The molecule has 1 saturated heterocycles. The highest BCUT2D eigenvalue weighted by Gasteiger charge is 2.37. The number of benzene rings is 3. The molecule has 1 N–H and O–H groups in total. The van der Waals surface area contributed by atoms with E-state index < -0.39 is 17.8 Å². The Hall–Kier alpha value is -4.19.